The van der Waals surface area contributed by atoms with Gasteiger partial charge in [0.15, 0.2) is 0 Å². The molecule has 2 unspecified atom stereocenters. The highest BCUT2D eigenvalue weighted by atomic mass is 35.5. The lowest BCUT2D eigenvalue weighted by Crippen LogP contribution is -2.59. The first-order chi connectivity index (χ1) is 9.32. The van der Waals surface area contributed by atoms with E-state index in [0.717, 1.165) is 25.7 Å². The molecule has 1 aliphatic carbocycles. The Morgan fingerprint density at radius 1 is 1.52 bits per heavy atom. The van der Waals surface area contributed by atoms with Gasteiger partial charge in [0.2, 0.25) is 10.0 Å². The lowest BCUT2D eigenvalue weighted by atomic mass is 9.74. The fourth-order valence-corrected chi connectivity index (χ4v) is 4.71. The molecule has 3 N–H and O–H groups in total. The summed E-state index contributed by atoms with van der Waals surface area (Å²) in [4.78, 5) is 0.241. The second-order valence-electron chi connectivity index (χ2n) is 5.83. The van der Waals surface area contributed by atoms with E-state index in [0.29, 0.717) is 12.2 Å². The number of sulfonamides is 1. The third kappa shape index (κ3) is 3.41. The van der Waals surface area contributed by atoms with Gasteiger partial charge < -0.3 is 5.73 Å². The number of halogens is 1. The summed E-state index contributed by atoms with van der Waals surface area (Å²) < 4.78 is 29.7. The summed E-state index contributed by atoms with van der Waals surface area (Å²) in [5.41, 5.74) is 6.01. The summed E-state index contributed by atoms with van der Waals surface area (Å²) in [6, 6.07) is 0. The Morgan fingerprint density at radius 2 is 2.19 bits per heavy atom. The summed E-state index contributed by atoms with van der Waals surface area (Å²) in [6.45, 7) is 4.15. The highest BCUT2D eigenvalue weighted by molar-refractivity contribution is 7.89. The van der Waals surface area contributed by atoms with Gasteiger partial charge in [-0.1, -0.05) is 19.8 Å². The van der Waals surface area contributed by atoms with Gasteiger partial charge in [-0.25, -0.2) is 13.1 Å². The zero-order valence-corrected chi connectivity index (χ0v) is 14.4. The Hall–Kier alpha value is -0.630. The maximum absolute atomic E-state index is 12.6. The molecule has 0 spiro atoms. The van der Waals surface area contributed by atoms with Crippen molar-refractivity contribution in [2.45, 2.75) is 50.0 Å². The Kier molecular flexibility index (Phi) is 5.83. The second kappa shape index (κ2) is 6.64. The van der Waals surface area contributed by atoms with Crippen molar-refractivity contribution in [3.8, 4) is 0 Å². The molecule has 1 aromatic heterocycles. The van der Waals surface area contributed by atoms with Gasteiger partial charge >= 0.3 is 0 Å². The van der Waals surface area contributed by atoms with Crippen molar-refractivity contribution in [3.63, 3.8) is 0 Å². The van der Waals surface area contributed by atoms with E-state index < -0.39 is 15.6 Å². The predicted octanol–water partition coefficient (Wildman–Crippen LogP) is 1.34. The zero-order valence-electron chi connectivity index (χ0n) is 12.8. The lowest BCUT2D eigenvalue weighted by molar-refractivity contribution is 0.191. The topological polar surface area (TPSA) is 90.0 Å². The lowest BCUT2D eigenvalue weighted by Gasteiger charge is -2.42. The summed E-state index contributed by atoms with van der Waals surface area (Å²) in [7, 11) is -1.85. The third-order valence-electron chi connectivity index (χ3n) is 4.63. The molecule has 0 aliphatic heterocycles. The molecule has 0 amide bonds. The summed E-state index contributed by atoms with van der Waals surface area (Å²) >= 11 is 0. The van der Waals surface area contributed by atoms with Crippen molar-refractivity contribution in [1.82, 2.24) is 14.5 Å². The minimum Gasteiger partial charge on any atom is -0.329 e. The minimum atomic E-state index is -3.59. The smallest absolute Gasteiger partial charge is 0.244 e. The molecule has 122 valence electrons. The predicted molar refractivity (Wildman–Crippen MR) is 84.9 cm³/mol. The Bertz CT molecular complexity index is 587. The van der Waals surface area contributed by atoms with Crippen LogP contribution in [0.2, 0.25) is 0 Å². The first-order valence-corrected chi connectivity index (χ1v) is 8.53. The molecule has 1 aromatic rings. The Balaban J connectivity index is 0.00000220. The van der Waals surface area contributed by atoms with Crippen LogP contribution in [0.1, 0.15) is 38.3 Å². The fourth-order valence-electron chi connectivity index (χ4n) is 2.98. The molecule has 2 atom stereocenters. The van der Waals surface area contributed by atoms with Gasteiger partial charge in [-0.2, -0.15) is 5.10 Å². The van der Waals surface area contributed by atoms with Crippen molar-refractivity contribution >= 4 is 22.4 Å². The number of nitrogens with zero attached hydrogens (tertiary/aromatic N) is 2. The van der Waals surface area contributed by atoms with Gasteiger partial charge in [-0.3, -0.25) is 4.68 Å². The average Bonchev–Trinajstić information content (AvgIpc) is 2.73. The molecule has 0 saturated heterocycles. The Morgan fingerprint density at radius 3 is 2.67 bits per heavy atom. The number of aromatic nitrogens is 2. The fraction of sp³-hybridized carbons (Fsp3) is 0.769. The number of hydrogen-bond donors (Lipinski definition) is 2. The van der Waals surface area contributed by atoms with Crippen molar-refractivity contribution in [1.29, 1.82) is 0 Å². The number of nitrogens with one attached hydrogen (secondary N) is 1. The molecule has 0 bridgehead atoms. The quantitative estimate of drug-likeness (QED) is 0.868. The molecule has 8 heteroatoms. The normalized spacial score (nSPS) is 26.4. The van der Waals surface area contributed by atoms with Gasteiger partial charge in [0.05, 0.1) is 11.9 Å². The molecule has 6 nitrogen and oxygen atoms in total. The van der Waals surface area contributed by atoms with Crippen LogP contribution in [0, 0.1) is 12.8 Å². The molecule has 21 heavy (non-hydrogen) atoms. The van der Waals surface area contributed by atoms with E-state index in [2.05, 4.69) is 16.7 Å². The number of rotatable bonds is 4. The first-order valence-electron chi connectivity index (χ1n) is 7.05. The third-order valence-corrected chi connectivity index (χ3v) is 6.29. The molecule has 0 aromatic carbocycles. The summed E-state index contributed by atoms with van der Waals surface area (Å²) in [6.07, 6.45) is 5.34. The molecule has 1 saturated carbocycles. The standard InChI is InChI=1S/C13H24N4O2S.ClH/c1-10-6-4-5-7-13(10,9-14)16-20(18,19)12-8-15-17(3)11(12)2;/h8,10,16H,4-7,9,14H2,1-3H3;1H. The van der Waals surface area contributed by atoms with E-state index >= 15 is 0 Å². The summed E-state index contributed by atoms with van der Waals surface area (Å²) in [5.74, 6) is 0.244. The van der Waals surface area contributed by atoms with Crippen LogP contribution in [0.15, 0.2) is 11.1 Å². The molecular weight excluding hydrogens is 312 g/mol. The van der Waals surface area contributed by atoms with Crippen LogP contribution in [0.25, 0.3) is 0 Å². The van der Waals surface area contributed by atoms with Crippen LogP contribution in [-0.4, -0.2) is 30.3 Å². The van der Waals surface area contributed by atoms with Crippen LogP contribution < -0.4 is 10.5 Å². The van der Waals surface area contributed by atoms with Crippen molar-refractivity contribution in [2.75, 3.05) is 6.54 Å². The maximum Gasteiger partial charge on any atom is 0.244 e. The van der Waals surface area contributed by atoms with Crippen molar-refractivity contribution in [2.24, 2.45) is 18.7 Å². The van der Waals surface area contributed by atoms with Crippen molar-refractivity contribution in [3.05, 3.63) is 11.9 Å². The van der Waals surface area contributed by atoms with E-state index in [9.17, 15) is 8.42 Å². The van der Waals surface area contributed by atoms with Gasteiger partial charge in [0, 0.05) is 19.1 Å². The monoisotopic (exact) mass is 336 g/mol. The largest absolute Gasteiger partial charge is 0.329 e. The minimum absolute atomic E-state index is 0. The highest BCUT2D eigenvalue weighted by Gasteiger charge is 2.41. The molecule has 0 radical (unpaired) electrons. The second-order valence-corrected chi connectivity index (χ2v) is 7.48. The number of hydrogen-bond acceptors (Lipinski definition) is 4. The Labute approximate surface area is 132 Å². The molecule has 1 aliphatic rings. The van der Waals surface area contributed by atoms with E-state index in [1.807, 2.05) is 0 Å². The van der Waals surface area contributed by atoms with E-state index in [4.69, 9.17) is 5.73 Å². The van der Waals surface area contributed by atoms with Crippen LogP contribution >= 0.6 is 12.4 Å². The zero-order chi connectivity index (χ0) is 15.0. The van der Waals surface area contributed by atoms with E-state index in [1.54, 1.807) is 18.7 Å². The van der Waals surface area contributed by atoms with E-state index in [1.165, 1.54) is 6.20 Å². The summed E-state index contributed by atoms with van der Waals surface area (Å²) in [5, 5.41) is 4.01. The van der Waals surface area contributed by atoms with Crippen molar-refractivity contribution < 1.29 is 8.42 Å². The number of nitrogens with two attached hydrogens (primary N) is 1. The molecule has 1 fully saturated rings. The van der Waals surface area contributed by atoms with Gasteiger partial charge in [0.25, 0.3) is 0 Å². The van der Waals surface area contributed by atoms with Crippen LogP contribution in [-0.2, 0) is 17.1 Å². The van der Waals surface area contributed by atoms with Gasteiger partial charge in [0.1, 0.15) is 4.90 Å². The molecule has 2 rings (SSSR count). The number of aryl methyl sites for hydroxylation is 1. The van der Waals surface area contributed by atoms with Gasteiger partial charge in [-0.15, -0.1) is 12.4 Å². The van der Waals surface area contributed by atoms with Gasteiger partial charge in [-0.05, 0) is 25.7 Å². The van der Waals surface area contributed by atoms with Crippen LogP contribution in [0.3, 0.4) is 0 Å². The van der Waals surface area contributed by atoms with Crippen LogP contribution in [0.4, 0.5) is 0 Å². The highest BCUT2D eigenvalue weighted by Crippen LogP contribution is 2.34. The average molecular weight is 337 g/mol. The molecular formula is C13H25ClN4O2S. The van der Waals surface area contributed by atoms with Crippen LogP contribution in [0.5, 0.6) is 0 Å². The molecule has 1 heterocycles. The first kappa shape index (κ1) is 18.4. The maximum atomic E-state index is 12.6. The van der Waals surface area contributed by atoms with E-state index in [-0.39, 0.29) is 23.2 Å². The SMILES string of the molecule is Cc1c(S(=O)(=O)NC2(CN)CCCCC2C)cnn1C.Cl.